The Morgan fingerprint density at radius 1 is 0.943 bits per heavy atom. The van der Waals surface area contributed by atoms with Crippen LogP contribution in [0, 0.1) is 5.82 Å². The maximum absolute atomic E-state index is 13.1. The first kappa shape index (κ1) is 24.1. The molecule has 0 aromatic heterocycles. The zero-order valence-electron chi connectivity index (χ0n) is 18.7. The van der Waals surface area contributed by atoms with Gasteiger partial charge in [0.1, 0.15) is 5.82 Å². The monoisotopic (exact) mass is 494 g/mol. The average Bonchev–Trinajstić information content (AvgIpc) is 3.09. The van der Waals surface area contributed by atoms with Crippen LogP contribution in [0.1, 0.15) is 56.5 Å². The number of ether oxygens (including phenoxy) is 1. The van der Waals surface area contributed by atoms with E-state index >= 15 is 0 Å². The molecule has 2 atom stereocenters. The minimum absolute atomic E-state index is 0.0112. The van der Waals surface area contributed by atoms with Crippen molar-refractivity contribution in [3.63, 3.8) is 0 Å². The lowest BCUT2D eigenvalue weighted by Crippen LogP contribution is -2.37. The average molecular weight is 495 g/mol. The molecule has 3 amide bonds. The van der Waals surface area contributed by atoms with Crippen molar-refractivity contribution in [2.75, 3.05) is 4.90 Å². The van der Waals surface area contributed by atoms with Crippen molar-refractivity contribution < 1.29 is 28.3 Å². The van der Waals surface area contributed by atoms with E-state index in [4.69, 9.17) is 16.3 Å². The fourth-order valence-corrected chi connectivity index (χ4v) is 3.89. The summed E-state index contributed by atoms with van der Waals surface area (Å²) in [4.78, 5) is 51.9. The lowest BCUT2D eigenvalue weighted by molar-refractivity contribution is -0.129. The van der Waals surface area contributed by atoms with Gasteiger partial charge in [-0.3, -0.25) is 14.4 Å². The number of nitrogens with zero attached hydrogens (tertiary/aromatic N) is 1. The molecule has 0 bridgehead atoms. The molecule has 0 spiro atoms. The van der Waals surface area contributed by atoms with Crippen molar-refractivity contribution in [3.8, 4) is 0 Å². The molecule has 0 saturated heterocycles. The van der Waals surface area contributed by atoms with Gasteiger partial charge in [-0.2, -0.15) is 0 Å². The fourth-order valence-electron chi connectivity index (χ4n) is 3.67. The third-order valence-corrected chi connectivity index (χ3v) is 5.92. The van der Waals surface area contributed by atoms with Crippen LogP contribution in [-0.2, 0) is 9.53 Å². The van der Waals surface area contributed by atoms with E-state index in [9.17, 15) is 23.6 Å². The third-order valence-electron chi connectivity index (χ3n) is 5.60. The smallest absolute Gasteiger partial charge is 0.338 e. The predicted octanol–water partition coefficient (Wildman–Crippen LogP) is 4.70. The molecule has 3 aromatic carbocycles. The number of fused-ring (bicyclic) bond motifs is 1. The molecule has 4 rings (SSSR count). The summed E-state index contributed by atoms with van der Waals surface area (Å²) in [6.07, 6.45) is -1.14. The molecular weight excluding hydrogens is 475 g/mol. The number of rotatable bonds is 6. The largest absolute Gasteiger partial charge is 0.449 e. The standard InChI is InChI=1S/C26H20ClFN2O5/c1-14(16-7-10-18(28)11-8-16)29-23(31)15(2)35-26(34)17-9-12-19-20(13-17)25(33)30(24(19)32)22-6-4-3-5-21(22)27/h3-15H,1-2H3,(H,29,31). The first-order valence-electron chi connectivity index (χ1n) is 10.7. The summed E-state index contributed by atoms with van der Waals surface area (Å²) >= 11 is 6.15. The molecule has 1 N–H and O–H groups in total. The minimum Gasteiger partial charge on any atom is -0.449 e. The van der Waals surface area contributed by atoms with Crippen LogP contribution in [0.2, 0.25) is 5.02 Å². The van der Waals surface area contributed by atoms with Gasteiger partial charge in [0, 0.05) is 0 Å². The second kappa shape index (κ2) is 9.68. The Morgan fingerprint density at radius 3 is 2.29 bits per heavy atom. The van der Waals surface area contributed by atoms with Crippen molar-refractivity contribution in [3.05, 3.63) is 99.8 Å². The number of nitrogens with one attached hydrogen (secondary N) is 1. The van der Waals surface area contributed by atoms with Crippen LogP contribution in [0.25, 0.3) is 0 Å². The SMILES string of the molecule is CC(OC(=O)c1ccc2c(c1)C(=O)N(c1ccccc1Cl)C2=O)C(=O)NC(C)c1ccc(F)cc1. The number of imide groups is 1. The van der Waals surface area contributed by atoms with Crippen LogP contribution in [0.5, 0.6) is 0 Å². The lowest BCUT2D eigenvalue weighted by Gasteiger charge is -2.18. The summed E-state index contributed by atoms with van der Waals surface area (Å²) in [7, 11) is 0. The summed E-state index contributed by atoms with van der Waals surface area (Å²) in [5.74, 6) is -2.94. The van der Waals surface area contributed by atoms with Gasteiger partial charge in [-0.15, -0.1) is 0 Å². The zero-order chi connectivity index (χ0) is 25.3. The molecule has 1 aliphatic heterocycles. The van der Waals surface area contributed by atoms with Crippen LogP contribution in [0.3, 0.4) is 0 Å². The van der Waals surface area contributed by atoms with Gasteiger partial charge in [0.25, 0.3) is 17.7 Å². The van der Waals surface area contributed by atoms with Gasteiger partial charge in [-0.1, -0.05) is 35.9 Å². The summed E-state index contributed by atoms with van der Waals surface area (Å²) in [6, 6.07) is 15.6. The van der Waals surface area contributed by atoms with Gasteiger partial charge in [0.15, 0.2) is 6.10 Å². The van der Waals surface area contributed by atoms with Gasteiger partial charge in [-0.25, -0.2) is 14.1 Å². The summed E-state index contributed by atoms with van der Waals surface area (Å²) < 4.78 is 18.4. The molecule has 0 fully saturated rings. The normalized spacial score (nSPS) is 14.3. The van der Waals surface area contributed by atoms with Crippen molar-refractivity contribution in [1.82, 2.24) is 5.32 Å². The maximum Gasteiger partial charge on any atom is 0.338 e. The highest BCUT2D eigenvalue weighted by molar-refractivity contribution is 6.39. The van der Waals surface area contributed by atoms with E-state index in [0.29, 0.717) is 5.56 Å². The highest BCUT2D eigenvalue weighted by Crippen LogP contribution is 2.33. The first-order chi connectivity index (χ1) is 16.7. The Hall–Kier alpha value is -4.04. The summed E-state index contributed by atoms with van der Waals surface area (Å²) in [6.45, 7) is 3.12. The Kier molecular flexibility index (Phi) is 6.66. The highest BCUT2D eigenvalue weighted by atomic mass is 35.5. The molecule has 1 heterocycles. The zero-order valence-corrected chi connectivity index (χ0v) is 19.5. The van der Waals surface area contributed by atoms with E-state index in [2.05, 4.69) is 5.32 Å². The second-order valence-electron chi connectivity index (χ2n) is 7.99. The third kappa shape index (κ3) is 4.79. The second-order valence-corrected chi connectivity index (χ2v) is 8.39. The van der Waals surface area contributed by atoms with Crippen LogP contribution >= 0.6 is 11.6 Å². The molecule has 0 radical (unpaired) electrons. The van der Waals surface area contributed by atoms with Crippen molar-refractivity contribution in [2.24, 2.45) is 0 Å². The van der Waals surface area contributed by atoms with Gasteiger partial charge < -0.3 is 10.1 Å². The number of hydrogen-bond acceptors (Lipinski definition) is 5. The molecule has 2 unspecified atom stereocenters. The Labute approximate surface area is 205 Å². The molecule has 178 valence electrons. The number of carbonyl (C=O) groups excluding carboxylic acids is 4. The van der Waals surface area contributed by atoms with E-state index in [1.165, 1.54) is 37.3 Å². The minimum atomic E-state index is -1.14. The van der Waals surface area contributed by atoms with E-state index in [-0.39, 0.29) is 33.2 Å². The van der Waals surface area contributed by atoms with Crippen molar-refractivity contribution in [1.29, 1.82) is 0 Å². The van der Waals surface area contributed by atoms with Gasteiger partial charge in [0.05, 0.1) is 33.4 Å². The Balaban J connectivity index is 1.45. The highest BCUT2D eigenvalue weighted by Gasteiger charge is 2.38. The molecule has 0 aliphatic carbocycles. The number of halogens is 2. The number of amides is 3. The predicted molar refractivity (Wildman–Crippen MR) is 127 cm³/mol. The Bertz CT molecular complexity index is 1340. The van der Waals surface area contributed by atoms with Crippen LogP contribution in [-0.4, -0.2) is 29.8 Å². The number of carbonyl (C=O) groups is 4. The topological polar surface area (TPSA) is 92.8 Å². The number of esters is 1. The molecular formula is C26H20ClFN2O5. The first-order valence-corrected chi connectivity index (χ1v) is 11.1. The number of para-hydroxylation sites is 1. The molecule has 7 nitrogen and oxygen atoms in total. The molecule has 0 saturated carbocycles. The summed E-state index contributed by atoms with van der Waals surface area (Å²) in [5.41, 5.74) is 1.10. The molecule has 35 heavy (non-hydrogen) atoms. The van der Waals surface area contributed by atoms with E-state index < -0.39 is 35.8 Å². The number of anilines is 1. The molecule has 3 aromatic rings. The van der Waals surface area contributed by atoms with E-state index in [1.54, 1.807) is 43.3 Å². The van der Waals surface area contributed by atoms with E-state index in [0.717, 1.165) is 4.90 Å². The Morgan fingerprint density at radius 2 is 1.60 bits per heavy atom. The van der Waals surface area contributed by atoms with Crippen molar-refractivity contribution >= 4 is 41.0 Å². The van der Waals surface area contributed by atoms with Crippen LogP contribution < -0.4 is 10.2 Å². The number of benzene rings is 3. The molecule has 1 aliphatic rings. The van der Waals surface area contributed by atoms with E-state index in [1.807, 2.05) is 0 Å². The van der Waals surface area contributed by atoms with Gasteiger partial charge in [0.2, 0.25) is 0 Å². The quantitative estimate of drug-likeness (QED) is 0.396. The fraction of sp³-hybridized carbons (Fsp3) is 0.154. The maximum atomic E-state index is 13.1. The molecule has 9 heteroatoms. The lowest BCUT2D eigenvalue weighted by atomic mass is 10.1. The van der Waals surface area contributed by atoms with Gasteiger partial charge in [-0.05, 0) is 61.9 Å². The van der Waals surface area contributed by atoms with Gasteiger partial charge >= 0.3 is 5.97 Å². The van der Waals surface area contributed by atoms with Crippen molar-refractivity contribution in [2.45, 2.75) is 26.0 Å². The summed E-state index contributed by atoms with van der Waals surface area (Å²) in [5, 5.41) is 2.93. The number of hydrogen-bond donors (Lipinski definition) is 1. The van der Waals surface area contributed by atoms with Crippen LogP contribution in [0.4, 0.5) is 10.1 Å². The van der Waals surface area contributed by atoms with Crippen LogP contribution in [0.15, 0.2) is 66.7 Å².